The first-order chi connectivity index (χ1) is 8.54. The fourth-order valence-electron chi connectivity index (χ4n) is 1.42. The predicted octanol–water partition coefficient (Wildman–Crippen LogP) is 3.89. The normalized spacial score (nSPS) is 10.6. The van der Waals surface area contributed by atoms with Crippen molar-refractivity contribution in [3.63, 3.8) is 0 Å². The molecule has 0 atom stereocenters. The lowest BCUT2D eigenvalue weighted by Crippen LogP contribution is -2.01. The van der Waals surface area contributed by atoms with Gasteiger partial charge in [-0.15, -0.1) is 11.3 Å². The molecule has 3 nitrogen and oxygen atoms in total. The third-order valence-electron chi connectivity index (χ3n) is 2.14. The van der Waals surface area contributed by atoms with Crippen molar-refractivity contribution < 1.29 is 4.79 Å². The molecule has 94 valence electrons. The van der Waals surface area contributed by atoms with Crippen LogP contribution in [-0.4, -0.2) is 21.5 Å². The van der Waals surface area contributed by atoms with Gasteiger partial charge in [-0.1, -0.05) is 11.8 Å². The number of carbonyl (C=O) groups is 1. The van der Waals surface area contributed by atoms with Gasteiger partial charge in [0.05, 0.1) is 14.4 Å². The molecule has 0 unspecified atom stereocenters. The first-order valence-electron chi connectivity index (χ1n) is 5.28. The molecule has 6 heteroatoms. The van der Waals surface area contributed by atoms with Gasteiger partial charge in [0.1, 0.15) is 0 Å². The molecule has 0 aromatic carbocycles. The van der Waals surface area contributed by atoms with Crippen LogP contribution in [0.3, 0.4) is 0 Å². The standard InChI is InChI=1S/C12H11BrN2OS2/c1-7-5-8(2)15-12(14-7)17-6-9(16)10-3-4-11(13)18-10/h3-5H,6H2,1-2H3. The van der Waals surface area contributed by atoms with Crippen LogP contribution < -0.4 is 0 Å². The summed E-state index contributed by atoms with van der Waals surface area (Å²) in [5.74, 6) is 0.481. The Morgan fingerprint density at radius 2 is 2.00 bits per heavy atom. The average molecular weight is 343 g/mol. The van der Waals surface area contributed by atoms with E-state index < -0.39 is 0 Å². The molecule has 0 fully saturated rings. The lowest BCUT2D eigenvalue weighted by atomic mass is 10.4. The molecule has 0 radical (unpaired) electrons. The summed E-state index contributed by atoms with van der Waals surface area (Å²) in [6, 6.07) is 5.64. The van der Waals surface area contributed by atoms with Crippen LogP contribution in [0, 0.1) is 13.8 Å². The number of hydrogen-bond acceptors (Lipinski definition) is 5. The van der Waals surface area contributed by atoms with Gasteiger partial charge in [0.25, 0.3) is 0 Å². The molecular formula is C12H11BrN2OS2. The van der Waals surface area contributed by atoms with E-state index in [9.17, 15) is 4.79 Å². The van der Waals surface area contributed by atoms with Gasteiger partial charge in [0, 0.05) is 11.4 Å². The van der Waals surface area contributed by atoms with Crippen LogP contribution >= 0.6 is 39.0 Å². The molecule has 2 aromatic rings. The number of Topliss-reactive ketones (excluding diaryl/α,β-unsaturated/α-hetero) is 1. The predicted molar refractivity (Wildman–Crippen MR) is 78.6 cm³/mol. The third kappa shape index (κ3) is 3.63. The van der Waals surface area contributed by atoms with Crippen molar-refractivity contribution in [2.24, 2.45) is 0 Å². The maximum Gasteiger partial charge on any atom is 0.188 e. The van der Waals surface area contributed by atoms with Crippen LogP contribution in [0.2, 0.25) is 0 Å². The van der Waals surface area contributed by atoms with Gasteiger partial charge in [-0.25, -0.2) is 9.97 Å². The van der Waals surface area contributed by atoms with Crippen LogP contribution in [0.15, 0.2) is 27.1 Å². The van der Waals surface area contributed by atoms with E-state index in [1.165, 1.54) is 23.1 Å². The number of ketones is 1. The number of halogens is 1. The lowest BCUT2D eigenvalue weighted by molar-refractivity contribution is 0.102. The number of carbonyl (C=O) groups excluding carboxylic acids is 1. The summed E-state index contributed by atoms with van der Waals surface area (Å²) in [6.45, 7) is 3.86. The fraction of sp³-hybridized carbons (Fsp3) is 0.250. The number of aryl methyl sites for hydroxylation is 2. The summed E-state index contributed by atoms with van der Waals surface area (Å²) in [6.07, 6.45) is 0. The van der Waals surface area contributed by atoms with Crippen molar-refractivity contribution in [2.75, 3.05) is 5.75 Å². The molecule has 0 bridgehead atoms. The lowest BCUT2D eigenvalue weighted by Gasteiger charge is -2.01. The molecular weight excluding hydrogens is 332 g/mol. The summed E-state index contributed by atoms with van der Waals surface area (Å²) in [5.41, 5.74) is 1.85. The highest BCUT2D eigenvalue weighted by atomic mass is 79.9. The van der Waals surface area contributed by atoms with Crippen molar-refractivity contribution >= 4 is 44.8 Å². The molecule has 0 aliphatic carbocycles. The molecule has 0 N–H and O–H groups in total. The second-order valence-electron chi connectivity index (χ2n) is 3.75. The highest BCUT2D eigenvalue weighted by Gasteiger charge is 2.10. The molecule has 0 saturated heterocycles. The van der Waals surface area contributed by atoms with E-state index in [1.807, 2.05) is 32.0 Å². The molecule has 0 aliphatic rings. The highest BCUT2D eigenvalue weighted by Crippen LogP contribution is 2.24. The van der Waals surface area contributed by atoms with Gasteiger partial charge >= 0.3 is 0 Å². The molecule has 0 amide bonds. The van der Waals surface area contributed by atoms with E-state index >= 15 is 0 Å². The molecule has 0 spiro atoms. The third-order valence-corrected chi connectivity index (χ3v) is 4.65. The SMILES string of the molecule is Cc1cc(C)nc(SCC(=O)c2ccc(Br)s2)n1. The highest BCUT2D eigenvalue weighted by molar-refractivity contribution is 9.11. The zero-order valence-corrected chi connectivity index (χ0v) is 13.2. The Labute approximate surface area is 122 Å². The molecule has 2 rings (SSSR count). The maximum atomic E-state index is 11.9. The van der Waals surface area contributed by atoms with Crippen molar-refractivity contribution in [1.29, 1.82) is 0 Å². The second kappa shape index (κ2) is 5.95. The maximum absolute atomic E-state index is 11.9. The molecule has 18 heavy (non-hydrogen) atoms. The van der Waals surface area contributed by atoms with Gasteiger partial charge < -0.3 is 0 Å². The summed E-state index contributed by atoms with van der Waals surface area (Å²) in [4.78, 5) is 21.3. The number of hydrogen-bond donors (Lipinski definition) is 0. The Kier molecular flexibility index (Phi) is 4.53. The van der Waals surface area contributed by atoms with Crippen molar-refractivity contribution in [2.45, 2.75) is 19.0 Å². The first kappa shape index (κ1) is 13.7. The van der Waals surface area contributed by atoms with E-state index in [0.717, 1.165) is 20.1 Å². The summed E-state index contributed by atoms with van der Waals surface area (Å²) >= 11 is 6.18. The molecule has 0 saturated carbocycles. The van der Waals surface area contributed by atoms with Crippen LogP contribution in [-0.2, 0) is 0 Å². The van der Waals surface area contributed by atoms with E-state index in [1.54, 1.807) is 0 Å². The minimum Gasteiger partial charge on any atom is -0.292 e. The number of aromatic nitrogens is 2. The van der Waals surface area contributed by atoms with Gasteiger partial charge in [0.2, 0.25) is 0 Å². The van der Waals surface area contributed by atoms with Crippen LogP contribution in [0.1, 0.15) is 21.1 Å². The van der Waals surface area contributed by atoms with E-state index in [4.69, 9.17) is 0 Å². The van der Waals surface area contributed by atoms with Crippen molar-refractivity contribution in [3.8, 4) is 0 Å². The number of rotatable bonds is 4. The Morgan fingerprint density at radius 3 is 2.56 bits per heavy atom. The number of thioether (sulfide) groups is 1. The molecule has 2 heterocycles. The Bertz CT molecular complexity index is 563. The van der Waals surface area contributed by atoms with Crippen molar-refractivity contribution in [1.82, 2.24) is 9.97 Å². The largest absolute Gasteiger partial charge is 0.292 e. The van der Waals surface area contributed by atoms with E-state index in [0.29, 0.717) is 10.9 Å². The Balaban J connectivity index is 2.01. The van der Waals surface area contributed by atoms with Crippen LogP contribution in [0.4, 0.5) is 0 Å². The zero-order chi connectivity index (χ0) is 13.1. The fourth-order valence-corrected chi connectivity index (χ4v) is 3.67. The average Bonchev–Trinajstić information content (AvgIpc) is 2.71. The van der Waals surface area contributed by atoms with Crippen LogP contribution in [0.5, 0.6) is 0 Å². The topological polar surface area (TPSA) is 42.9 Å². The van der Waals surface area contributed by atoms with Gasteiger partial charge in [0.15, 0.2) is 10.9 Å². The summed E-state index contributed by atoms with van der Waals surface area (Å²) in [5, 5.41) is 0.663. The van der Waals surface area contributed by atoms with Gasteiger partial charge in [-0.2, -0.15) is 0 Å². The van der Waals surface area contributed by atoms with Gasteiger partial charge in [-0.05, 0) is 48.0 Å². The smallest absolute Gasteiger partial charge is 0.188 e. The minimum atomic E-state index is 0.110. The molecule has 0 aliphatic heterocycles. The quantitative estimate of drug-likeness (QED) is 0.480. The van der Waals surface area contributed by atoms with Gasteiger partial charge in [-0.3, -0.25) is 4.79 Å². The second-order valence-corrected chi connectivity index (χ2v) is 7.15. The minimum absolute atomic E-state index is 0.110. The number of nitrogens with zero attached hydrogens (tertiary/aromatic N) is 2. The first-order valence-corrected chi connectivity index (χ1v) is 7.88. The zero-order valence-electron chi connectivity index (χ0n) is 9.94. The van der Waals surface area contributed by atoms with Crippen LogP contribution in [0.25, 0.3) is 0 Å². The Hall–Kier alpha value is -0.720. The van der Waals surface area contributed by atoms with E-state index in [-0.39, 0.29) is 5.78 Å². The Morgan fingerprint density at radius 1 is 1.33 bits per heavy atom. The molecule has 2 aromatic heterocycles. The summed E-state index contributed by atoms with van der Waals surface area (Å²) in [7, 11) is 0. The number of thiophene rings is 1. The monoisotopic (exact) mass is 342 g/mol. The van der Waals surface area contributed by atoms with Crippen molar-refractivity contribution in [3.05, 3.63) is 38.3 Å². The summed E-state index contributed by atoms with van der Waals surface area (Å²) < 4.78 is 0.971. The van der Waals surface area contributed by atoms with E-state index in [2.05, 4.69) is 25.9 Å².